The van der Waals surface area contributed by atoms with Gasteiger partial charge in [-0.25, -0.2) is 0 Å². The molecule has 2 heterocycles. The van der Waals surface area contributed by atoms with Gasteiger partial charge in [0.1, 0.15) is 0 Å². The third kappa shape index (κ3) is 2.59. The van der Waals surface area contributed by atoms with Crippen molar-refractivity contribution in [3.63, 3.8) is 0 Å². The molecule has 25 heavy (non-hydrogen) atoms. The third-order valence-corrected chi connectivity index (χ3v) is 5.30. The van der Waals surface area contributed by atoms with Crippen molar-refractivity contribution in [2.24, 2.45) is 0 Å². The Hall–Kier alpha value is -2.40. The monoisotopic (exact) mass is 396 g/mol. The zero-order chi connectivity index (χ0) is 17.6. The number of hydrogen-bond donors (Lipinski definition) is 0. The quantitative estimate of drug-likeness (QED) is 0.612. The first-order valence-corrected chi connectivity index (χ1v) is 9.09. The van der Waals surface area contributed by atoms with Crippen molar-refractivity contribution in [3.05, 3.63) is 64.8 Å². The van der Waals surface area contributed by atoms with Crippen LogP contribution >= 0.6 is 15.9 Å². The molecular formula is C20H17BrN2O2. The molecule has 2 aromatic carbocycles. The Bertz CT molecular complexity index is 975. The summed E-state index contributed by atoms with van der Waals surface area (Å²) >= 11 is 3.38. The number of aromatic nitrogens is 1. The Labute approximate surface area is 154 Å². The molecule has 0 aliphatic carbocycles. The Kier molecular flexibility index (Phi) is 3.96. The number of aryl methyl sites for hydroxylation is 1. The van der Waals surface area contributed by atoms with Crippen LogP contribution in [0.1, 0.15) is 24.8 Å². The molecule has 2 amide bonds. The molecule has 1 aromatic heterocycles. The van der Waals surface area contributed by atoms with Crippen LogP contribution in [0.2, 0.25) is 0 Å². The fourth-order valence-corrected chi connectivity index (χ4v) is 3.82. The fraction of sp³-hybridized carbons (Fsp3) is 0.200. The van der Waals surface area contributed by atoms with Crippen molar-refractivity contribution in [1.82, 2.24) is 4.57 Å². The topological polar surface area (TPSA) is 42.3 Å². The number of anilines is 1. The number of halogens is 1. The van der Waals surface area contributed by atoms with E-state index in [1.54, 1.807) is 12.1 Å². The van der Waals surface area contributed by atoms with Crippen molar-refractivity contribution < 1.29 is 9.59 Å². The minimum absolute atomic E-state index is 0.147. The number of fused-ring (bicyclic) bond motifs is 1. The van der Waals surface area contributed by atoms with Gasteiger partial charge in [-0.3, -0.25) is 14.5 Å². The largest absolute Gasteiger partial charge is 0.347 e. The first-order valence-electron chi connectivity index (χ1n) is 8.30. The van der Waals surface area contributed by atoms with Gasteiger partial charge in [-0.2, -0.15) is 0 Å². The lowest BCUT2D eigenvalue weighted by atomic mass is 9.97. The van der Waals surface area contributed by atoms with Crippen LogP contribution in [0.3, 0.4) is 0 Å². The maximum atomic E-state index is 13.0. The maximum absolute atomic E-state index is 13.0. The van der Waals surface area contributed by atoms with Crippen LogP contribution in [-0.2, 0) is 16.1 Å². The van der Waals surface area contributed by atoms with E-state index >= 15 is 0 Å². The Morgan fingerprint density at radius 2 is 1.80 bits per heavy atom. The first-order chi connectivity index (χ1) is 12.1. The molecule has 0 N–H and O–H groups in total. The van der Waals surface area contributed by atoms with Crippen LogP contribution in [-0.4, -0.2) is 16.4 Å². The number of hydrogen-bond acceptors (Lipinski definition) is 2. The van der Waals surface area contributed by atoms with E-state index in [0.717, 1.165) is 27.5 Å². The van der Waals surface area contributed by atoms with Crippen molar-refractivity contribution in [3.8, 4) is 0 Å². The standard InChI is InChI=1S/C20H17BrN2O2/c1-2-22-12-17(15-5-3-4-6-18(15)22)16-11-19(24)23(20(16)25)14-9-7-13(21)8-10-14/h3-10,12,16H,2,11H2,1H3/t16-/m0/s1. The highest BCUT2D eigenvalue weighted by Crippen LogP contribution is 2.37. The molecule has 1 saturated heterocycles. The van der Waals surface area contributed by atoms with Gasteiger partial charge >= 0.3 is 0 Å². The summed E-state index contributed by atoms with van der Waals surface area (Å²) in [6.45, 7) is 2.90. The van der Waals surface area contributed by atoms with Crippen molar-refractivity contribution >= 4 is 44.3 Å². The van der Waals surface area contributed by atoms with Gasteiger partial charge in [-0.1, -0.05) is 34.1 Å². The van der Waals surface area contributed by atoms with E-state index in [0.29, 0.717) is 5.69 Å². The lowest BCUT2D eigenvalue weighted by Crippen LogP contribution is -2.29. The number of para-hydroxylation sites is 1. The second-order valence-electron chi connectivity index (χ2n) is 6.19. The smallest absolute Gasteiger partial charge is 0.241 e. The van der Waals surface area contributed by atoms with E-state index in [2.05, 4.69) is 33.5 Å². The molecule has 3 aromatic rings. The van der Waals surface area contributed by atoms with Crippen LogP contribution in [0, 0.1) is 0 Å². The number of benzene rings is 2. The van der Waals surface area contributed by atoms with E-state index < -0.39 is 5.92 Å². The summed E-state index contributed by atoms with van der Waals surface area (Å²) in [5.41, 5.74) is 2.66. The van der Waals surface area contributed by atoms with Crippen LogP contribution in [0.4, 0.5) is 5.69 Å². The molecule has 5 heteroatoms. The maximum Gasteiger partial charge on any atom is 0.241 e. The summed E-state index contributed by atoms with van der Waals surface area (Å²) in [6.07, 6.45) is 2.23. The van der Waals surface area contributed by atoms with E-state index in [1.807, 2.05) is 36.5 Å². The minimum atomic E-state index is -0.422. The highest BCUT2D eigenvalue weighted by Gasteiger charge is 2.41. The lowest BCUT2D eigenvalue weighted by molar-refractivity contribution is -0.121. The number of carbonyl (C=O) groups is 2. The van der Waals surface area contributed by atoms with Gasteiger partial charge in [0, 0.05) is 34.5 Å². The highest BCUT2D eigenvalue weighted by atomic mass is 79.9. The molecule has 4 nitrogen and oxygen atoms in total. The summed E-state index contributed by atoms with van der Waals surface area (Å²) in [6, 6.07) is 15.3. The Balaban J connectivity index is 1.77. The van der Waals surface area contributed by atoms with Crippen LogP contribution < -0.4 is 4.90 Å². The molecule has 0 unspecified atom stereocenters. The number of amides is 2. The van der Waals surface area contributed by atoms with Crippen molar-refractivity contribution in [2.45, 2.75) is 25.8 Å². The molecular weight excluding hydrogens is 380 g/mol. The van der Waals surface area contributed by atoms with Gasteiger partial charge in [0.05, 0.1) is 11.6 Å². The summed E-state index contributed by atoms with van der Waals surface area (Å²) in [7, 11) is 0. The number of imide groups is 1. The highest BCUT2D eigenvalue weighted by molar-refractivity contribution is 9.10. The van der Waals surface area contributed by atoms with Gasteiger partial charge in [-0.15, -0.1) is 0 Å². The first kappa shape index (κ1) is 16.1. The molecule has 0 saturated carbocycles. The molecule has 0 spiro atoms. The average Bonchev–Trinajstić information content (AvgIpc) is 3.13. The lowest BCUT2D eigenvalue weighted by Gasteiger charge is -2.15. The second-order valence-corrected chi connectivity index (χ2v) is 7.10. The molecule has 1 aliphatic heterocycles. The molecule has 1 atom stereocenters. The second kappa shape index (κ2) is 6.15. The van der Waals surface area contributed by atoms with E-state index in [1.165, 1.54) is 4.90 Å². The summed E-state index contributed by atoms with van der Waals surface area (Å²) in [5, 5.41) is 1.05. The summed E-state index contributed by atoms with van der Waals surface area (Å²) in [4.78, 5) is 26.9. The van der Waals surface area contributed by atoms with Crippen molar-refractivity contribution in [1.29, 1.82) is 0 Å². The Morgan fingerprint density at radius 1 is 1.08 bits per heavy atom. The minimum Gasteiger partial charge on any atom is -0.347 e. The van der Waals surface area contributed by atoms with Gasteiger partial charge in [0.15, 0.2) is 0 Å². The molecule has 1 aliphatic rings. The fourth-order valence-electron chi connectivity index (χ4n) is 3.55. The number of rotatable bonds is 3. The zero-order valence-corrected chi connectivity index (χ0v) is 15.4. The van der Waals surface area contributed by atoms with Crippen LogP contribution in [0.15, 0.2) is 59.2 Å². The Morgan fingerprint density at radius 3 is 2.52 bits per heavy atom. The molecule has 126 valence electrons. The van der Waals surface area contributed by atoms with Crippen LogP contribution in [0.5, 0.6) is 0 Å². The third-order valence-electron chi connectivity index (χ3n) is 4.77. The molecule has 0 bridgehead atoms. The van der Waals surface area contributed by atoms with Crippen molar-refractivity contribution in [2.75, 3.05) is 4.90 Å². The van der Waals surface area contributed by atoms with Gasteiger partial charge in [0.2, 0.25) is 11.8 Å². The predicted molar refractivity (Wildman–Crippen MR) is 102 cm³/mol. The van der Waals surface area contributed by atoms with E-state index in [9.17, 15) is 9.59 Å². The van der Waals surface area contributed by atoms with Gasteiger partial charge < -0.3 is 4.57 Å². The molecule has 0 radical (unpaired) electrons. The number of nitrogens with zero attached hydrogens (tertiary/aromatic N) is 2. The number of carbonyl (C=O) groups excluding carboxylic acids is 2. The summed E-state index contributed by atoms with van der Waals surface area (Å²) in [5.74, 6) is -0.717. The summed E-state index contributed by atoms with van der Waals surface area (Å²) < 4.78 is 3.04. The van der Waals surface area contributed by atoms with Crippen LogP contribution in [0.25, 0.3) is 10.9 Å². The zero-order valence-electron chi connectivity index (χ0n) is 13.8. The molecule has 4 rings (SSSR count). The van der Waals surface area contributed by atoms with Gasteiger partial charge in [0.25, 0.3) is 0 Å². The van der Waals surface area contributed by atoms with E-state index in [4.69, 9.17) is 0 Å². The predicted octanol–water partition coefficient (Wildman–Crippen LogP) is 4.47. The SMILES string of the molecule is CCn1cc([C@@H]2CC(=O)N(c3ccc(Br)cc3)C2=O)c2ccccc21. The van der Waals surface area contributed by atoms with E-state index in [-0.39, 0.29) is 18.2 Å². The normalized spacial score (nSPS) is 17.7. The average molecular weight is 397 g/mol. The molecule has 1 fully saturated rings. The van der Waals surface area contributed by atoms with Gasteiger partial charge in [-0.05, 0) is 42.8 Å².